The molecule has 0 saturated heterocycles. The van der Waals surface area contributed by atoms with Gasteiger partial charge in [-0.2, -0.15) is 0 Å². The summed E-state index contributed by atoms with van der Waals surface area (Å²) < 4.78 is 0. The molecule has 58 valence electrons. The van der Waals surface area contributed by atoms with Gasteiger partial charge >= 0.3 is 0 Å². The van der Waals surface area contributed by atoms with Gasteiger partial charge in [-0.3, -0.25) is 0 Å². The van der Waals surface area contributed by atoms with E-state index in [1.54, 1.807) is 11.1 Å². The first kappa shape index (κ1) is 6.05. The molecule has 0 radical (unpaired) electrons. The topological polar surface area (TPSA) is 0 Å². The Morgan fingerprint density at radius 3 is 2.45 bits per heavy atom. The first-order valence-electron chi connectivity index (χ1n) is 4.80. The van der Waals surface area contributed by atoms with Gasteiger partial charge in [0.15, 0.2) is 0 Å². The molecule has 0 heterocycles. The van der Waals surface area contributed by atoms with E-state index in [0.717, 1.165) is 0 Å². The Labute approximate surface area is 68.0 Å². The smallest absolute Gasteiger partial charge is 0.0103 e. The molecular weight excluding hydrogens is 132 g/mol. The summed E-state index contributed by atoms with van der Waals surface area (Å²) in [5, 5.41) is 0. The maximum Gasteiger partial charge on any atom is 0.0103 e. The first-order valence-corrected chi connectivity index (χ1v) is 4.80. The van der Waals surface area contributed by atoms with Gasteiger partial charge in [-0.05, 0) is 43.3 Å². The van der Waals surface area contributed by atoms with Crippen LogP contribution in [0.2, 0.25) is 0 Å². The minimum absolute atomic E-state index is 0.652. The summed E-state index contributed by atoms with van der Waals surface area (Å²) in [6.07, 6.45) is 9.54. The molecule has 0 unspecified atom stereocenters. The van der Waals surface area contributed by atoms with Crippen LogP contribution in [-0.2, 0) is 0 Å². The van der Waals surface area contributed by atoms with Crippen molar-refractivity contribution in [1.29, 1.82) is 0 Å². The van der Waals surface area contributed by atoms with Crippen molar-refractivity contribution < 1.29 is 0 Å². The van der Waals surface area contributed by atoms with Gasteiger partial charge in [0.2, 0.25) is 0 Å². The zero-order valence-corrected chi connectivity index (χ0v) is 7.11. The molecule has 0 amide bonds. The second kappa shape index (κ2) is 1.63. The Kier molecular flexibility index (Phi) is 0.894. The first-order chi connectivity index (χ1) is 5.36. The maximum atomic E-state index is 2.57. The van der Waals surface area contributed by atoms with Crippen molar-refractivity contribution >= 4 is 0 Å². The van der Waals surface area contributed by atoms with Gasteiger partial charge in [0.25, 0.3) is 0 Å². The van der Waals surface area contributed by atoms with Gasteiger partial charge in [0.05, 0.1) is 0 Å². The van der Waals surface area contributed by atoms with Crippen LogP contribution in [0.15, 0.2) is 22.8 Å². The van der Waals surface area contributed by atoms with E-state index in [0.29, 0.717) is 5.41 Å². The van der Waals surface area contributed by atoms with E-state index in [2.05, 4.69) is 13.0 Å². The third-order valence-corrected chi connectivity index (χ3v) is 3.60. The van der Waals surface area contributed by atoms with Crippen LogP contribution >= 0.6 is 0 Å². The fourth-order valence-electron chi connectivity index (χ4n) is 2.68. The third-order valence-electron chi connectivity index (χ3n) is 3.60. The molecule has 0 heteroatoms. The molecule has 0 bridgehead atoms. The van der Waals surface area contributed by atoms with Crippen molar-refractivity contribution in [3.8, 4) is 0 Å². The van der Waals surface area contributed by atoms with Crippen molar-refractivity contribution in [2.75, 3.05) is 0 Å². The van der Waals surface area contributed by atoms with Crippen molar-refractivity contribution in [2.24, 2.45) is 5.41 Å². The summed E-state index contributed by atoms with van der Waals surface area (Å²) in [4.78, 5) is 0. The standard InChI is InChI=1S/C11H14/c1-2-8-7-11(5-6-11)10-4-3-9(8)10/h7H,2-6H2,1H3. The van der Waals surface area contributed by atoms with Gasteiger partial charge < -0.3 is 0 Å². The monoisotopic (exact) mass is 146 g/mol. The Hall–Kier alpha value is -0.520. The summed E-state index contributed by atoms with van der Waals surface area (Å²) >= 11 is 0. The molecule has 1 spiro atoms. The summed E-state index contributed by atoms with van der Waals surface area (Å²) in [6.45, 7) is 2.29. The Bertz CT molecular complexity index is 274. The highest BCUT2D eigenvalue weighted by molar-refractivity contribution is 5.56. The Balaban J connectivity index is 2.09. The second-order valence-electron chi connectivity index (χ2n) is 4.14. The molecule has 0 aromatic carbocycles. The van der Waals surface area contributed by atoms with Crippen LogP contribution in [-0.4, -0.2) is 0 Å². The van der Waals surface area contributed by atoms with Crippen molar-refractivity contribution in [2.45, 2.75) is 39.0 Å². The number of hydrogen-bond acceptors (Lipinski definition) is 0. The maximum absolute atomic E-state index is 2.57. The van der Waals surface area contributed by atoms with Crippen LogP contribution in [0.25, 0.3) is 0 Å². The molecule has 0 aromatic rings. The molecule has 1 saturated carbocycles. The molecule has 3 rings (SSSR count). The van der Waals surface area contributed by atoms with Crippen LogP contribution in [0.1, 0.15) is 39.0 Å². The van der Waals surface area contributed by atoms with Crippen LogP contribution < -0.4 is 0 Å². The van der Waals surface area contributed by atoms with E-state index in [4.69, 9.17) is 0 Å². The van der Waals surface area contributed by atoms with Gasteiger partial charge in [-0.1, -0.05) is 18.6 Å². The molecule has 0 atom stereocenters. The molecule has 0 nitrogen and oxygen atoms in total. The highest BCUT2D eigenvalue weighted by Crippen LogP contribution is 2.64. The quantitative estimate of drug-likeness (QED) is 0.533. The molecule has 0 N–H and O–H groups in total. The average Bonchev–Trinajstić information content (AvgIpc) is 2.61. The van der Waals surface area contributed by atoms with E-state index in [9.17, 15) is 0 Å². The minimum atomic E-state index is 0.652. The summed E-state index contributed by atoms with van der Waals surface area (Å²) in [6, 6.07) is 0. The van der Waals surface area contributed by atoms with E-state index >= 15 is 0 Å². The Morgan fingerprint density at radius 2 is 2.18 bits per heavy atom. The molecule has 1 fully saturated rings. The van der Waals surface area contributed by atoms with Crippen LogP contribution in [0.5, 0.6) is 0 Å². The van der Waals surface area contributed by atoms with Crippen molar-refractivity contribution in [3.05, 3.63) is 22.8 Å². The van der Waals surface area contributed by atoms with E-state index in [1.165, 1.54) is 32.1 Å². The molecular formula is C11H14. The number of rotatable bonds is 1. The van der Waals surface area contributed by atoms with Crippen LogP contribution in [0.4, 0.5) is 0 Å². The van der Waals surface area contributed by atoms with E-state index < -0.39 is 0 Å². The highest BCUT2D eigenvalue weighted by Gasteiger charge is 2.51. The molecule has 0 aromatic heterocycles. The fraction of sp³-hybridized carbons (Fsp3) is 0.636. The van der Waals surface area contributed by atoms with Crippen molar-refractivity contribution in [3.63, 3.8) is 0 Å². The van der Waals surface area contributed by atoms with Gasteiger partial charge in [0.1, 0.15) is 0 Å². The molecule has 3 aliphatic rings. The predicted molar refractivity (Wildman–Crippen MR) is 46.3 cm³/mol. The SMILES string of the molecule is CCC1=CC2(CC2)C2=C1CC2. The normalized spacial score (nSPS) is 30.1. The fourth-order valence-corrected chi connectivity index (χ4v) is 2.68. The molecule has 11 heavy (non-hydrogen) atoms. The lowest BCUT2D eigenvalue weighted by Gasteiger charge is -2.23. The lowest BCUT2D eigenvalue weighted by molar-refractivity contribution is 0.671. The number of allylic oxidation sites excluding steroid dienone is 4. The van der Waals surface area contributed by atoms with Gasteiger partial charge in [-0.25, -0.2) is 0 Å². The summed E-state index contributed by atoms with van der Waals surface area (Å²) in [5.74, 6) is 0. The Morgan fingerprint density at radius 1 is 1.36 bits per heavy atom. The van der Waals surface area contributed by atoms with E-state index in [-0.39, 0.29) is 0 Å². The number of fused-ring (bicyclic) bond motifs is 1. The van der Waals surface area contributed by atoms with Crippen LogP contribution in [0, 0.1) is 5.41 Å². The molecule has 3 aliphatic carbocycles. The van der Waals surface area contributed by atoms with Gasteiger partial charge in [0, 0.05) is 5.41 Å². The van der Waals surface area contributed by atoms with Gasteiger partial charge in [-0.15, -0.1) is 0 Å². The third kappa shape index (κ3) is 0.571. The summed E-state index contributed by atoms with van der Waals surface area (Å²) in [5.41, 5.74) is 5.92. The predicted octanol–water partition coefficient (Wildman–Crippen LogP) is 3.21. The zero-order valence-electron chi connectivity index (χ0n) is 7.11. The lowest BCUT2D eigenvalue weighted by Crippen LogP contribution is -2.07. The largest absolute Gasteiger partial charge is 0.0708 e. The van der Waals surface area contributed by atoms with Crippen molar-refractivity contribution in [1.82, 2.24) is 0 Å². The minimum Gasteiger partial charge on any atom is -0.0708 e. The van der Waals surface area contributed by atoms with Crippen LogP contribution in [0.3, 0.4) is 0 Å². The molecule has 0 aliphatic heterocycles. The van der Waals surface area contributed by atoms with E-state index in [1.807, 2.05) is 5.57 Å². The summed E-state index contributed by atoms with van der Waals surface area (Å²) in [7, 11) is 0. The second-order valence-corrected chi connectivity index (χ2v) is 4.14. The lowest BCUT2D eigenvalue weighted by atomic mass is 9.82. The zero-order chi connectivity index (χ0) is 7.47. The number of hydrogen-bond donors (Lipinski definition) is 0. The highest BCUT2D eigenvalue weighted by atomic mass is 14.5. The average molecular weight is 146 g/mol.